The fourth-order valence-corrected chi connectivity index (χ4v) is 5.43. The summed E-state index contributed by atoms with van der Waals surface area (Å²) < 4.78 is 5.61. The van der Waals surface area contributed by atoms with Gasteiger partial charge in [-0.05, 0) is 43.2 Å². The average Bonchev–Trinajstić information content (AvgIpc) is 3.20. The van der Waals surface area contributed by atoms with Crippen LogP contribution in [0.2, 0.25) is 0 Å². The lowest BCUT2D eigenvalue weighted by atomic mass is 9.69. The molecule has 35 heavy (non-hydrogen) atoms. The van der Waals surface area contributed by atoms with Gasteiger partial charge in [-0.3, -0.25) is 4.79 Å². The molecule has 0 saturated carbocycles. The number of hydrogen-bond acceptors (Lipinski definition) is 5. The Morgan fingerprint density at radius 3 is 2.34 bits per heavy atom. The molecule has 0 aromatic heterocycles. The maximum Gasteiger partial charge on any atom is 0.185 e. The number of hydrogen-bond donors (Lipinski definition) is 0. The molecular weight excluding hydrogens is 434 g/mol. The Kier molecular flexibility index (Phi) is 5.63. The molecule has 0 radical (unpaired) electrons. The molecule has 3 atom stereocenters. The minimum absolute atomic E-state index is 0.105. The molecule has 0 amide bonds. The van der Waals surface area contributed by atoms with E-state index < -0.39 is 23.4 Å². The van der Waals surface area contributed by atoms with E-state index in [4.69, 9.17) is 4.74 Å². The number of fused-ring (bicyclic) bond motifs is 3. The van der Waals surface area contributed by atoms with Gasteiger partial charge in [0.2, 0.25) is 0 Å². The van der Waals surface area contributed by atoms with E-state index >= 15 is 0 Å². The van der Waals surface area contributed by atoms with Gasteiger partial charge >= 0.3 is 0 Å². The number of nitriles is 2. The minimum Gasteiger partial charge on any atom is -0.494 e. The quantitative estimate of drug-likeness (QED) is 0.459. The first-order chi connectivity index (χ1) is 17.0. The number of para-hydroxylation sites is 1. The highest BCUT2D eigenvalue weighted by Crippen LogP contribution is 2.55. The molecule has 0 spiro atoms. The van der Waals surface area contributed by atoms with E-state index in [9.17, 15) is 15.3 Å². The van der Waals surface area contributed by atoms with Gasteiger partial charge in [0.05, 0.1) is 24.8 Å². The highest BCUT2D eigenvalue weighted by molar-refractivity contribution is 6.04. The Balaban J connectivity index is 1.74. The molecule has 1 saturated heterocycles. The highest BCUT2D eigenvalue weighted by Gasteiger charge is 2.63. The lowest BCUT2D eigenvalue weighted by Crippen LogP contribution is -2.44. The summed E-state index contributed by atoms with van der Waals surface area (Å²) in [7, 11) is 0. The lowest BCUT2D eigenvalue weighted by Gasteiger charge is -2.35. The predicted octanol–water partition coefficient (Wildman–Crippen LogP) is 5.68. The number of aryl methyl sites for hydroxylation is 1. The number of benzene rings is 3. The highest BCUT2D eigenvalue weighted by atomic mass is 16.5. The van der Waals surface area contributed by atoms with Crippen LogP contribution < -0.4 is 9.64 Å². The zero-order chi connectivity index (χ0) is 24.6. The average molecular weight is 460 g/mol. The molecule has 0 aliphatic carbocycles. The van der Waals surface area contributed by atoms with Crippen molar-refractivity contribution in [3.63, 3.8) is 0 Å². The first kappa shape index (κ1) is 22.4. The summed E-state index contributed by atoms with van der Waals surface area (Å²) in [5, 5.41) is 21.0. The number of rotatable bonds is 5. The Labute approximate surface area is 205 Å². The number of ketones is 1. The number of Topliss-reactive ketones (excluding diaryl/α,β-unsaturated/α-hetero) is 1. The maximum absolute atomic E-state index is 14.2. The zero-order valence-electron chi connectivity index (χ0n) is 19.7. The van der Waals surface area contributed by atoms with Gasteiger partial charge in [0.15, 0.2) is 11.2 Å². The van der Waals surface area contributed by atoms with Crippen molar-refractivity contribution in [1.82, 2.24) is 0 Å². The Hall–Kier alpha value is -4.35. The Bertz CT molecular complexity index is 1360. The van der Waals surface area contributed by atoms with E-state index in [1.165, 1.54) is 0 Å². The fraction of sp³-hybridized carbons (Fsp3) is 0.233. The van der Waals surface area contributed by atoms with Gasteiger partial charge in [-0.2, -0.15) is 10.5 Å². The van der Waals surface area contributed by atoms with Crippen LogP contribution in [-0.4, -0.2) is 24.5 Å². The van der Waals surface area contributed by atoms with Gasteiger partial charge in [0.1, 0.15) is 11.8 Å². The van der Waals surface area contributed by atoms with Crippen LogP contribution >= 0.6 is 0 Å². The molecule has 2 aliphatic rings. The summed E-state index contributed by atoms with van der Waals surface area (Å²) in [6.45, 7) is 4.43. The van der Waals surface area contributed by atoms with E-state index in [1.807, 2.05) is 104 Å². The van der Waals surface area contributed by atoms with Crippen molar-refractivity contribution in [2.75, 3.05) is 11.5 Å². The van der Waals surface area contributed by atoms with Crippen molar-refractivity contribution < 1.29 is 9.53 Å². The number of ether oxygens (including phenoxy) is 1. The molecule has 0 N–H and O–H groups in total. The molecule has 5 rings (SSSR count). The third-order valence-corrected chi connectivity index (χ3v) is 7.07. The first-order valence-electron chi connectivity index (χ1n) is 11.8. The summed E-state index contributed by atoms with van der Waals surface area (Å²) in [5.41, 5.74) is 2.75. The predicted molar refractivity (Wildman–Crippen MR) is 135 cm³/mol. The summed E-state index contributed by atoms with van der Waals surface area (Å²) >= 11 is 0. The van der Waals surface area contributed by atoms with Crippen LogP contribution in [0.5, 0.6) is 5.75 Å². The molecule has 5 nitrogen and oxygen atoms in total. The van der Waals surface area contributed by atoms with Crippen LogP contribution in [0, 0.1) is 35.0 Å². The molecule has 2 aliphatic heterocycles. The van der Waals surface area contributed by atoms with Gasteiger partial charge in [-0.15, -0.1) is 0 Å². The second kappa shape index (κ2) is 8.78. The van der Waals surface area contributed by atoms with Crippen molar-refractivity contribution in [1.29, 1.82) is 10.5 Å². The van der Waals surface area contributed by atoms with Crippen molar-refractivity contribution in [2.24, 2.45) is 5.41 Å². The number of anilines is 1. The molecule has 1 fully saturated rings. The third-order valence-electron chi connectivity index (χ3n) is 7.07. The standard InChI is InChI=1S/C30H25N3O2/c1-3-35-24-15-12-22(13-16-24)27-28(29(34)23-10-8-20(2)9-11-23)33-25-7-5-4-6-21(25)14-17-26(33)30(27,18-31)19-32/h4-17,26-28H,3H2,1-2H3/t26-,27+,28+/m0/s1. The first-order valence-corrected chi connectivity index (χ1v) is 11.8. The summed E-state index contributed by atoms with van der Waals surface area (Å²) in [4.78, 5) is 16.2. The molecule has 5 heteroatoms. The van der Waals surface area contributed by atoms with E-state index in [0.717, 1.165) is 22.4 Å². The summed E-state index contributed by atoms with van der Waals surface area (Å²) in [5.74, 6) is -0.0627. The number of nitrogens with zero attached hydrogens (tertiary/aromatic N) is 3. The van der Waals surface area contributed by atoms with Crippen LogP contribution in [-0.2, 0) is 0 Å². The monoisotopic (exact) mass is 459 g/mol. The second-order valence-corrected chi connectivity index (χ2v) is 9.02. The van der Waals surface area contributed by atoms with Crippen molar-refractivity contribution in [3.8, 4) is 17.9 Å². The molecule has 0 bridgehead atoms. The molecule has 3 aromatic carbocycles. The van der Waals surface area contributed by atoms with Crippen molar-refractivity contribution >= 4 is 17.5 Å². The lowest BCUT2D eigenvalue weighted by molar-refractivity contribution is 0.0951. The topological polar surface area (TPSA) is 77.1 Å². The van der Waals surface area contributed by atoms with Gasteiger partial charge < -0.3 is 9.64 Å². The van der Waals surface area contributed by atoms with Crippen molar-refractivity contribution in [3.05, 3.63) is 101 Å². The van der Waals surface area contributed by atoms with E-state index in [-0.39, 0.29) is 5.78 Å². The second-order valence-electron chi connectivity index (χ2n) is 9.02. The van der Waals surface area contributed by atoms with Gasteiger partial charge in [-0.1, -0.05) is 72.3 Å². The third kappa shape index (κ3) is 3.49. The van der Waals surface area contributed by atoms with Gasteiger partial charge in [0.25, 0.3) is 0 Å². The maximum atomic E-state index is 14.2. The fourth-order valence-electron chi connectivity index (χ4n) is 5.43. The largest absolute Gasteiger partial charge is 0.494 e. The SMILES string of the molecule is CCOc1ccc([C@@H]2[C@H](C(=O)c3ccc(C)cc3)N3c4ccccc4C=C[C@H]3C2(C#N)C#N)cc1. The van der Waals surface area contributed by atoms with E-state index in [1.54, 1.807) is 0 Å². The number of carbonyl (C=O) groups is 1. The normalized spacial score (nSPS) is 21.4. The smallest absolute Gasteiger partial charge is 0.185 e. The van der Waals surface area contributed by atoms with Crippen LogP contribution in [0.25, 0.3) is 6.08 Å². The van der Waals surface area contributed by atoms with Gasteiger partial charge in [-0.25, -0.2) is 0 Å². The van der Waals surface area contributed by atoms with Crippen LogP contribution in [0.1, 0.15) is 39.9 Å². The number of carbonyl (C=O) groups excluding carboxylic acids is 1. The van der Waals surface area contributed by atoms with Crippen molar-refractivity contribution in [2.45, 2.75) is 31.8 Å². The molecular formula is C30H25N3O2. The van der Waals surface area contributed by atoms with Crippen LogP contribution in [0.15, 0.2) is 78.9 Å². The van der Waals surface area contributed by atoms with Crippen LogP contribution in [0.4, 0.5) is 5.69 Å². The Morgan fingerprint density at radius 1 is 1.00 bits per heavy atom. The zero-order valence-corrected chi connectivity index (χ0v) is 19.7. The molecule has 0 unspecified atom stereocenters. The summed E-state index contributed by atoms with van der Waals surface area (Å²) in [6, 6.07) is 26.1. The molecule has 2 heterocycles. The van der Waals surface area contributed by atoms with E-state index in [2.05, 4.69) is 12.1 Å². The summed E-state index contributed by atoms with van der Waals surface area (Å²) in [6.07, 6.45) is 3.85. The Morgan fingerprint density at radius 2 is 1.69 bits per heavy atom. The van der Waals surface area contributed by atoms with E-state index in [0.29, 0.717) is 17.9 Å². The molecule has 3 aromatic rings. The van der Waals surface area contributed by atoms with Gasteiger partial charge in [0, 0.05) is 17.2 Å². The molecule has 172 valence electrons. The minimum atomic E-state index is -1.46. The van der Waals surface area contributed by atoms with Crippen LogP contribution in [0.3, 0.4) is 0 Å².